The Hall–Kier alpha value is -1.36. The molecule has 0 radical (unpaired) electrons. The minimum Gasteiger partial charge on any atom is -0.357 e. The first-order chi connectivity index (χ1) is 9.19. The van der Waals surface area contributed by atoms with E-state index in [4.69, 9.17) is 0 Å². The van der Waals surface area contributed by atoms with Crippen LogP contribution in [0.3, 0.4) is 0 Å². The Morgan fingerprint density at radius 1 is 1.37 bits per heavy atom. The zero-order valence-electron chi connectivity index (χ0n) is 12.1. The second-order valence-corrected chi connectivity index (χ2v) is 5.74. The van der Waals surface area contributed by atoms with Gasteiger partial charge in [-0.1, -0.05) is 0 Å². The molecule has 2 aliphatic heterocycles. The molecule has 2 atom stereocenters. The van der Waals surface area contributed by atoms with Crippen molar-refractivity contribution in [1.82, 2.24) is 14.9 Å². The molecule has 19 heavy (non-hydrogen) atoms. The monoisotopic (exact) mass is 261 g/mol. The van der Waals surface area contributed by atoms with Gasteiger partial charge in [0.1, 0.15) is 5.82 Å². The molecule has 3 rings (SSSR count). The van der Waals surface area contributed by atoms with Crippen LogP contribution in [0, 0.1) is 6.92 Å². The molecule has 104 valence electrons. The number of hydrogen-bond acceptors (Lipinski definition) is 5. The van der Waals surface area contributed by atoms with Crippen molar-refractivity contribution < 1.29 is 0 Å². The van der Waals surface area contributed by atoms with Gasteiger partial charge in [0.25, 0.3) is 0 Å². The molecule has 0 aliphatic carbocycles. The molecule has 2 fully saturated rings. The summed E-state index contributed by atoms with van der Waals surface area (Å²) in [5.41, 5.74) is 1.16. The van der Waals surface area contributed by atoms with Gasteiger partial charge >= 0.3 is 0 Å². The fourth-order valence-corrected chi connectivity index (χ4v) is 3.33. The maximum Gasteiger partial charge on any atom is 0.224 e. The Morgan fingerprint density at radius 2 is 2.21 bits per heavy atom. The topological polar surface area (TPSA) is 44.3 Å². The molecule has 1 aromatic rings. The van der Waals surface area contributed by atoms with Gasteiger partial charge in [-0.3, -0.25) is 4.90 Å². The minimum absolute atomic E-state index is 0.521. The highest BCUT2D eigenvalue weighted by Crippen LogP contribution is 2.29. The fourth-order valence-electron chi connectivity index (χ4n) is 3.33. The normalized spacial score (nSPS) is 27.4. The summed E-state index contributed by atoms with van der Waals surface area (Å²) in [5.74, 6) is 1.81. The maximum absolute atomic E-state index is 4.66. The number of rotatable bonds is 2. The largest absolute Gasteiger partial charge is 0.357 e. The first kappa shape index (κ1) is 12.7. The molecule has 3 heterocycles. The van der Waals surface area contributed by atoms with Crippen molar-refractivity contribution in [3.8, 4) is 0 Å². The predicted molar refractivity (Wildman–Crippen MR) is 77.7 cm³/mol. The molecule has 0 saturated carbocycles. The number of nitrogens with one attached hydrogen (secondary N) is 1. The summed E-state index contributed by atoms with van der Waals surface area (Å²) in [5, 5.41) is 3.04. The van der Waals surface area contributed by atoms with E-state index in [1.54, 1.807) is 0 Å². The number of anilines is 2. The summed E-state index contributed by atoms with van der Waals surface area (Å²) in [6.07, 6.45) is 4.59. The first-order valence-corrected chi connectivity index (χ1v) is 7.21. The van der Waals surface area contributed by atoms with Gasteiger partial charge in [0.05, 0.1) is 0 Å². The highest BCUT2D eigenvalue weighted by Gasteiger charge is 2.35. The molecule has 2 saturated heterocycles. The summed E-state index contributed by atoms with van der Waals surface area (Å²) in [7, 11) is 1.87. The zero-order valence-corrected chi connectivity index (χ0v) is 12.1. The van der Waals surface area contributed by atoms with Crippen molar-refractivity contribution in [3.63, 3.8) is 0 Å². The van der Waals surface area contributed by atoms with Crippen LogP contribution in [-0.2, 0) is 0 Å². The Bertz CT molecular complexity index is 461. The van der Waals surface area contributed by atoms with E-state index in [-0.39, 0.29) is 0 Å². The lowest BCUT2D eigenvalue weighted by molar-refractivity contribution is 0.202. The standard InChI is InChI=1S/C14H23N5/c1-10-7-16-14(15-3)17-13(10)19-9-12-5-4-6-18(12)8-11(19)2/h7,11-12H,4-6,8-9H2,1-3H3,(H,15,16,17). The van der Waals surface area contributed by atoms with Gasteiger partial charge < -0.3 is 10.2 Å². The lowest BCUT2D eigenvalue weighted by atomic mass is 10.1. The van der Waals surface area contributed by atoms with Gasteiger partial charge in [0, 0.05) is 44.0 Å². The molecular formula is C14H23N5. The minimum atomic E-state index is 0.521. The Balaban J connectivity index is 1.88. The summed E-state index contributed by atoms with van der Waals surface area (Å²) < 4.78 is 0. The average molecular weight is 261 g/mol. The van der Waals surface area contributed by atoms with E-state index in [2.05, 4.69) is 38.9 Å². The molecule has 1 N–H and O–H groups in total. The molecule has 0 aromatic carbocycles. The van der Waals surface area contributed by atoms with Crippen molar-refractivity contribution in [2.45, 2.75) is 38.8 Å². The van der Waals surface area contributed by atoms with Crippen LogP contribution < -0.4 is 10.2 Å². The van der Waals surface area contributed by atoms with Gasteiger partial charge in [0.2, 0.25) is 5.95 Å². The highest BCUT2D eigenvalue weighted by atomic mass is 15.3. The molecule has 2 aliphatic rings. The van der Waals surface area contributed by atoms with Crippen LogP contribution in [0.15, 0.2) is 6.20 Å². The van der Waals surface area contributed by atoms with Gasteiger partial charge in [-0.05, 0) is 33.2 Å². The van der Waals surface area contributed by atoms with Gasteiger partial charge in [-0.25, -0.2) is 4.98 Å². The molecule has 5 heteroatoms. The molecule has 0 bridgehead atoms. The van der Waals surface area contributed by atoms with Crippen molar-refractivity contribution in [2.75, 3.05) is 36.9 Å². The first-order valence-electron chi connectivity index (χ1n) is 7.21. The van der Waals surface area contributed by atoms with E-state index < -0.39 is 0 Å². The molecule has 0 spiro atoms. The number of aromatic nitrogens is 2. The number of hydrogen-bond donors (Lipinski definition) is 1. The van der Waals surface area contributed by atoms with E-state index in [0.29, 0.717) is 18.0 Å². The molecule has 0 amide bonds. The Morgan fingerprint density at radius 3 is 3.00 bits per heavy atom. The highest BCUT2D eigenvalue weighted by molar-refractivity contribution is 5.50. The van der Waals surface area contributed by atoms with E-state index in [9.17, 15) is 0 Å². The van der Waals surface area contributed by atoms with Crippen molar-refractivity contribution in [3.05, 3.63) is 11.8 Å². The van der Waals surface area contributed by atoms with Crippen molar-refractivity contribution >= 4 is 11.8 Å². The number of nitrogens with zero attached hydrogens (tertiary/aromatic N) is 4. The molecule has 2 unspecified atom stereocenters. The van der Waals surface area contributed by atoms with Crippen LogP contribution in [0.25, 0.3) is 0 Å². The van der Waals surface area contributed by atoms with Crippen LogP contribution in [0.5, 0.6) is 0 Å². The quantitative estimate of drug-likeness (QED) is 0.874. The smallest absolute Gasteiger partial charge is 0.224 e. The Kier molecular flexibility index (Phi) is 3.31. The number of fused-ring (bicyclic) bond motifs is 1. The van der Waals surface area contributed by atoms with E-state index >= 15 is 0 Å². The summed E-state index contributed by atoms with van der Waals surface area (Å²) >= 11 is 0. The second-order valence-electron chi connectivity index (χ2n) is 5.74. The van der Waals surface area contributed by atoms with Gasteiger partial charge in [0.15, 0.2) is 0 Å². The number of aryl methyl sites for hydroxylation is 1. The van der Waals surface area contributed by atoms with Crippen LogP contribution in [0.2, 0.25) is 0 Å². The third-order valence-electron chi connectivity index (χ3n) is 4.38. The zero-order chi connectivity index (χ0) is 13.4. The number of piperazine rings is 1. The molecule has 1 aromatic heterocycles. The lowest BCUT2D eigenvalue weighted by Crippen LogP contribution is -2.55. The van der Waals surface area contributed by atoms with Crippen molar-refractivity contribution in [2.24, 2.45) is 0 Å². The van der Waals surface area contributed by atoms with Gasteiger partial charge in [-0.15, -0.1) is 0 Å². The SMILES string of the molecule is CNc1ncc(C)c(N2CC3CCCN3CC2C)n1. The molecule has 5 nitrogen and oxygen atoms in total. The third kappa shape index (κ3) is 2.27. The average Bonchev–Trinajstić information content (AvgIpc) is 2.85. The van der Waals surface area contributed by atoms with E-state index in [0.717, 1.165) is 24.5 Å². The second kappa shape index (κ2) is 4.96. The van der Waals surface area contributed by atoms with Gasteiger partial charge in [-0.2, -0.15) is 4.98 Å². The predicted octanol–water partition coefficient (Wildman–Crippen LogP) is 1.50. The molecular weight excluding hydrogens is 238 g/mol. The lowest BCUT2D eigenvalue weighted by Gasteiger charge is -2.43. The summed E-state index contributed by atoms with van der Waals surface area (Å²) in [4.78, 5) is 14.0. The Labute approximate surface area is 115 Å². The maximum atomic E-state index is 4.66. The van der Waals surface area contributed by atoms with Crippen molar-refractivity contribution in [1.29, 1.82) is 0 Å². The van der Waals surface area contributed by atoms with Crippen LogP contribution in [0.4, 0.5) is 11.8 Å². The van der Waals surface area contributed by atoms with E-state index in [1.807, 2.05) is 13.2 Å². The van der Waals surface area contributed by atoms with E-state index in [1.165, 1.54) is 19.4 Å². The summed E-state index contributed by atoms with van der Waals surface area (Å²) in [6, 6.07) is 1.23. The van der Waals surface area contributed by atoms with Crippen LogP contribution in [-0.4, -0.2) is 53.6 Å². The fraction of sp³-hybridized carbons (Fsp3) is 0.714. The van der Waals surface area contributed by atoms with Crippen LogP contribution in [0.1, 0.15) is 25.3 Å². The third-order valence-corrected chi connectivity index (χ3v) is 4.38. The summed E-state index contributed by atoms with van der Waals surface area (Å²) in [6.45, 7) is 7.93. The van der Waals surface area contributed by atoms with Crippen LogP contribution >= 0.6 is 0 Å².